The predicted octanol–water partition coefficient (Wildman–Crippen LogP) is 3.98. The minimum Gasteiger partial charge on any atom is -0.352 e. The second-order valence-corrected chi connectivity index (χ2v) is 7.09. The van der Waals surface area contributed by atoms with Crippen molar-refractivity contribution in [1.82, 2.24) is 9.97 Å². The Balaban J connectivity index is 1.87. The molecule has 0 amide bonds. The minimum absolute atomic E-state index is 0.115. The highest BCUT2D eigenvalue weighted by atomic mass is 15.2. The molecule has 0 aliphatic carbocycles. The number of aromatic nitrogens is 2. The van der Waals surface area contributed by atoms with Gasteiger partial charge >= 0.3 is 0 Å². The number of benzene rings is 1. The number of hydrogen-bond acceptors (Lipinski definition) is 4. The van der Waals surface area contributed by atoms with E-state index in [2.05, 4.69) is 67.2 Å². The predicted molar refractivity (Wildman–Crippen MR) is 95.9 cm³/mol. The van der Waals surface area contributed by atoms with Gasteiger partial charge in [0.15, 0.2) is 0 Å². The molecule has 1 aromatic heterocycles. The lowest BCUT2D eigenvalue weighted by molar-refractivity contribution is 0.474. The van der Waals surface area contributed by atoms with Gasteiger partial charge in [-0.25, -0.2) is 4.98 Å². The number of anilines is 2. The Morgan fingerprint density at radius 1 is 1.26 bits per heavy atom. The quantitative estimate of drug-likeness (QED) is 0.927. The summed E-state index contributed by atoms with van der Waals surface area (Å²) < 4.78 is 0. The van der Waals surface area contributed by atoms with Crippen molar-refractivity contribution in [2.45, 2.75) is 52.1 Å². The van der Waals surface area contributed by atoms with Crippen LogP contribution in [0.1, 0.15) is 45.2 Å². The largest absolute Gasteiger partial charge is 0.352 e. The van der Waals surface area contributed by atoms with Crippen molar-refractivity contribution in [2.75, 3.05) is 16.8 Å². The maximum Gasteiger partial charge on any atom is 0.224 e. The van der Waals surface area contributed by atoms with E-state index in [1.165, 1.54) is 11.1 Å². The van der Waals surface area contributed by atoms with Crippen LogP contribution >= 0.6 is 0 Å². The molecule has 0 bridgehead atoms. The van der Waals surface area contributed by atoms with Crippen molar-refractivity contribution in [1.29, 1.82) is 0 Å². The van der Waals surface area contributed by atoms with Crippen LogP contribution in [-0.4, -0.2) is 22.6 Å². The van der Waals surface area contributed by atoms with Gasteiger partial charge in [-0.15, -0.1) is 0 Å². The molecule has 0 unspecified atom stereocenters. The Hall–Kier alpha value is -2.10. The molecular weight excluding hydrogens is 284 g/mol. The Morgan fingerprint density at radius 2 is 2.04 bits per heavy atom. The van der Waals surface area contributed by atoms with Crippen LogP contribution in [0.3, 0.4) is 0 Å². The maximum absolute atomic E-state index is 4.73. The molecule has 23 heavy (non-hydrogen) atoms. The maximum atomic E-state index is 4.73. The SMILES string of the molecule is CC[C@H](C)Nc1nccc(N2Cc3ccccc3C(C)(C)C2)n1. The molecule has 4 nitrogen and oxygen atoms in total. The average Bonchev–Trinajstić information content (AvgIpc) is 2.54. The number of nitrogens with zero attached hydrogens (tertiary/aromatic N) is 3. The second-order valence-electron chi connectivity index (χ2n) is 7.09. The molecule has 1 aliphatic heterocycles. The fourth-order valence-corrected chi connectivity index (χ4v) is 3.22. The van der Waals surface area contributed by atoms with Crippen LogP contribution in [0.2, 0.25) is 0 Å². The summed E-state index contributed by atoms with van der Waals surface area (Å²) in [5.74, 6) is 1.71. The van der Waals surface area contributed by atoms with Crippen molar-refractivity contribution >= 4 is 11.8 Å². The van der Waals surface area contributed by atoms with E-state index in [0.717, 1.165) is 25.3 Å². The number of rotatable bonds is 4. The first-order valence-corrected chi connectivity index (χ1v) is 8.42. The normalized spacial score (nSPS) is 17.5. The van der Waals surface area contributed by atoms with Gasteiger partial charge in [-0.2, -0.15) is 4.98 Å². The van der Waals surface area contributed by atoms with E-state index in [0.29, 0.717) is 12.0 Å². The van der Waals surface area contributed by atoms with Gasteiger partial charge in [0.2, 0.25) is 5.95 Å². The Bertz CT molecular complexity index is 681. The summed E-state index contributed by atoms with van der Waals surface area (Å²) in [7, 11) is 0. The molecule has 4 heteroatoms. The van der Waals surface area contributed by atoms with Crippen LogP contribution in [0.25, 0.3) is 0 Å². The Labute approximate surface area is 139 Å². The van der Waals surface area contributed by atoms with E-state index in [-0.39, 0.29) is 5.41 Å². The summed E-state index contributed by atoms with van der Waals surface area (Å²) >= 11 is 0. The van der Waals surface area contributed by atoms with Gasteiger partial charge in [0.1, 0.15) is 5.82 Å². The van der Waals surface area contributed by atoms with Gasteiger partial charge in [0, 0.05) is 30.7 Å². The molecule has 2 aromatic rings. The molecule has 2 heterocycles. The summed E-state index contributed by atoms with van der Waals surface area (Å²) in [6.07, 6.45) is 2.90. The third kappa shape index (κ3) is 3.31. The first-order chi connectivity index (χ1) is 11.0. The van der Waals surface area contributed by atoms with Gasteiger partial charge in [-0.1, -0.05) is 45.0 Å². The van der Waals surface area contributed by atoms with Crippen LogP contribution < -0.4 is 10.2 Å². The zero-order chi connectivity index (χ0) is 16.4. The minimum atomic E-state index is 0.115. The summed E-state index contributed by atoms with van der Waals surface area (Å²) in [4.78, 5) is 11.4. The topological polar surface area (TPSA) is 41.1 Å². The zero-order valence-corrected chi connectivity index (χ0v) is 14.5. The summed E-state index contributed by atoms with van der Waals surface area (Å²) in [5.41, 5.74) is 2.95. The standard InChI is InChI=1S/C19H26N4/c1-5-14(2)21-18-20-11-10-17(22-18)23-12-15-8-6-7-9-16(15)19(3,4)13-23/h6-11,14H,5,12-13H2,1-4H3,(H,20,21,22)/t14-/m0/s1. The first kappa shape index (κ1) is 15.8. The second kappa shape index (κ2) is 6.19. The number of hydrogen-bond donors (Lipinski definition) is 1. The fourth-order valence-electron chi connectivity index (χ4n) is 3.22. The van der Waals surface area contributed by atoms with Crippen LogP contribution in [0.15, 0.2) is 36.5 Å². The smallest absolute Gasteiger partial charge is 0.224 e. The highest BCUT2D eigenvalue weighted by Gasteiger charge is 2.32. The third-order valence-corrected chi connectivity index (χ3v) is 4.65. The number of nitrogens with one attached hydrogen (secondary N) is 1. The lowest BCUT2D eigenvalue weighted by Gasteiger charge is -2.40. The van der Waals surface area contributed by atoms with Gasteiger partial charge in [-0.3, -0.25) is 0 Å². The summed E-state index contributed by atoms with van der Waals surface area (Å²) in [5, 5.41) is 3.36. The van der Waals surface area contributed by atoms with E-state index in [9.17, 15) is 0 Å². The summed E-state index contributed by atoms with van der Waals surface area (Å²) in [6.45, 7) is 10.8. The Morgan fingerprint density at radius 3 is 2.83 bits per heavy atom. The van der Waals surface area contributed by atoms with E-state index in [4.69, 9.17) is 4.98 Å². The van der Waals surface area contributed by atoms with Gasteiger partial charge in [-0.05, 0) is 30.5 Å². The Kier molecular flexibility index (Phi) is 4.24. The van der Waals surface area contributed by atoms with Crippen molar-refractivity contribution in [3.63, 3.8) is 0 Å². The van der Waals surface area contributed by atoms with Gasteiger partial charge < -0.3 is 10.2 Å². The lowest BCUT2D eigenvalue weighted by Crippen LogP contribution is -2.42. The molecule has 1 N–H and O–H groups in total. The molecule has 3 rings (SSSR count). The van der Waals surface area contributed by atoms with Crippen LogP contribution in [0, 0.1) is 0 Å². The van der Waals surface area contributed by atoms with E-state index < -0.39 is 0 Å². The van der Waals surface area contributed by atoms with Crippen molar-refractivity contribution in [3.8, 4) is 0 Å². The van der Waals surface area contributed by atoms with Crippen LogP contribution in [-0.2, 0) is 12.0 Å². The molecule has 0 spiro atoms. The molecule has 1 aliphatic rings. The molecular formula is C19H26N4. The third-order valence-electron chi connectivity index (χ3n) is 4.65. The van der Waals surface area contributed by atoms with Gasteiger partial charge in [0.05, 0.1) is 0 Å². The van der Waals surface area contributed by atoms with E-state index in [1.807, 2.05) is 12.3 Å². The van der Waals surface area contributed by atoms with Crippen molar-refractivity contribution in [2.24, 2.45) is 0 Å². The van der Waals surface area contributed by atoms with Crippen molar-refractivity contribution < 1.29 is 0 Å². The molecule has 0 saturated carbocycles. The summed E-state index contributed by atoms with van der Waals surface area (Å²) in [6, 6.07) is 11.1. The molecule has 0 radical (unpaired) electrons. The lowest BCUT2D eigenvalue weighted by atomic mass is 9.78. The van der Waals surface area contributed by atoms with Crippen LogP contribution in [0.4, 0.5) is 11.8 Å². The highest BCUT2D eigenvalue weighted by molar-refractivity contribution is 5.49. The van der Waals surface area contributed by atoms with E-state index >= 15 is 0 Å². The first-order valence-electron chi connectivity index (χ1n) is 8.42. The van der Waals surface area contributed by atoms with Crippen molar-refractivity contribution in [3.05, 3.63) is 47.7 Å². The molecule has 0 saturated heterocycles. The van der Waals surface area contributed by atoms with Crippen LogP contribution in [0.5, 0.6) is 0 Å². The molecule has 1 aromatic carbocycles. The number of fused-ring (bicyclic) bond motifs is 1. The fraction of sp³-hybridized carbons (Fsp3) is 0.474. The molecule has 0 fully saturated rings. The van der Waals surface area contributed by atoms with Gasteiger partial charge in [0.25, 0.3) is 0 Å². The molecule has 1 atom stereocenters. The monoisotopic (exact) mass is 310 g/mol. The highest BCUT2D eigenvalue weighted by Crippen LogP contribution is 2.34. The average molecular weight is 310 g/mol. The van der Waals surface area contributed by atoms with E-state index in [1.54, 1.807) is 0 Å². The molecule has 122 valence electrons. The zero-order valence-electron chi connectivity index (χ0n) is 14.5.